The van der Waals surface area contributed by atoms with Gasteiger partial charge in [0.2, 0.25) is 11.8 Å². The lowest BCUT2D eigenvalue weighted by molar-refractivity contribution is -0.142. The Balaban J connectivity index is 3.12. The lowest BCUT2D eigenvalue weighted by Crippen LogP contribution is -2.53. The van der Waals surface area contributed by atoms with Crippen LogP contribution in [0.2, 0.25) is 10.0 Å². The van der Waals surface area contributed by atoms with Crippen molar-refractivity contribution < 1.29 is 9.59 Å². The van der Waals surface area contributed by atoms with E-state index in [4.69, 9.17) is 23.2 Å². The largest absolute Gasteiger partial charge is 0.350 e. The molecule has 1 atom stereocenters. The topological polar surface area (TPSA) is 49.4 Å². The van der Waals surface area contributed by atoms with Crippen LogP contribution in [0, 0.1) is 0 Å². The molecular formula is C19H28Cl2N2O2. The molecule has 25 heavy (non-hydrogen) atoms. The lowest BCUT2D eigenvalue weighted by atomic mass is 10.0. The Bertz CT molecular complexity index is 612. The van der Waals surface area contributed by atoms with Gasteiger partial charge in [0.1, 0.15) is 6.04 Å². The first-order valence-electron chi connectivity index (χ1n) is 8.64. The minimum Gasteiger partial charge on any atom is -0.350 e. The van der Waals surface area contributed by atoms with Crippen molar-refractivity contribution in [3.63, 3.8) is 0 Å². The van der Waals surface area contributed by atoms with Crippen LogP contribution in [-0.2, 0) is 16.1 Å². The number of carbonyl (C=O) groups excluding carboxylic acids is 2. The molecule has 0 aliphatic carbocycles. The van der Waals surface area contributed by atoms with Crippen LogP contribution in [0.5, 0.6) is 0 Å². The average molecular weight is 387 g/mol. The van der Waals surface area contributed by atoms with E-state index in [2.05, 4.69) is 5.32 Å². The van der Waals surface area contributed by atoms with Gasteiger partial charge in [0.15, 0.2) is 0 Å². The number of amides is 2. The molecule has 0 saturated heterocycles. The fraction of sp³-hybridized carbons (Fsp3) is 0.579. The van der Waals surface area contributed by atoms with Crippen molar-refractivity contribution >= 4 is 35.0 Å². The Morgan fingerprint density at radius 1 is 1.20 bits per heavy atom. The summed E-state index contributed by atoms with van der Waals surface area (Å²) in [5.41, 5.74) is 0.416. The summed E-state index contributed by atoms with van der Waals surface area (Å²) in [7, 11) is 0. The van der Waals surface area contributed by atoms with Gasteiger partial charge in [-0.15, -0.1) is 0 Å². The molecule has 0 unspecified atom stereocenters. The van der Waals surface area contributed by atoms with Gasteiger partial charge in [0.25, 0.3) is 0 Å². The number of halogens is 2. The molecule has 0 fully saturated rings. The molecule has 0 aromatic heterocycles. The number of rotatable bonds is 7. The van der Waals surface area contributed by atoms with Gasteiger partial charge >= 0.3 is 0 Å². The predicted octanol–water partition coefficient (Wildman–Crippen LogP) is 4.82. The first kappa shape index (κ1) is 21.8. The quantitative estimate of drug-likeness (QED) is 0.730. The van der Waals surface area contributed by atoms with E-state index in [1.807, 2.05) is 34.6 Å². The van der Waals surface area contributed by atoms with Gasteiger partial charge in [-0.3, -0.25) is 9.59 Å². The molecule has 140 valence electrons. The fourth-order valence-electron chi connectivity index (χ4n) is 2.56. The molecule has 1 aromatic rings. The summed E-state index contributed by atoms with van der Waals surface area (Å²) in [6, 6.07) is 4.65. The summed E-state index contributed by atoms with van der Waals surface area (Å²) in [6.45, 7) is 9.90. The van der Waals surface area contributed by atoms with Gasteiger partial charge in [-0.2, -0.15) is 0 Å². The molecule has 6 heteroatoms. The van der Waals surface area contributed by atoms with Crippen LogP contribution < -0.4 is 5.32 Å². The Hall–Kier alpha value is -1.26. The third-order valence-corrected chi connectivity index (χ3v) is 4.29. The van der Waals surface area contributed by atoms with Crippen LogP contribution in [0.3, 0.4) is 0 Å². The number of carbonyl (C=O) groups is 2. The Kier molecular flexibility index (Phi) is 8.23. The van der Waals surface area contributed by atoms with Crippen molar-refractivity contribution in [2.75, 3.05) is 0 Å². The highest BCUT2D eigenvalue weighted by Crippen LogP contribution is 2.24. The molecule has 0 heterocycles. The zero-order chi connectivity index (χ0) is 19.2. The molecule has 1 aromatic carbocycles. The molecule has 0 aliphatic heterocycles. The van der Waals surface area contributed by atoms with E-state index in [0.717, 1.165) is 12.0 Å². The normalized spacial score (nSPS) is 12.6. The third-order valence-electron chi connectivity index (χ3n) is 3.70. The highest BCUT2D eigenvalue weighted by atomic mass is 35.5. The van der Waals surface area contributed by atoms with E-state index < -0.39 is 6.04 Å². The summed E-state index contributed by atoms with van der Waals surface area (Å²) in [5.74, 6) is -0.200. The molecule has 0 spiro atoms. The molecule has 2 amide bonds. The van der Waals surface area contributed by atoms with Crippen LogP contribution in [0.15, 0.2) is 18.2 Å². The Morgan fingerprint density at radius 3 is 2.32 bits per heavy atom. The predicted molar refractivity (Wildman–Crippen MR) is 104 cm³/mol. The highest BCUT2D eigenvalue weighted by Gasteiger charge is 2.30. The average Bonchev–Trinajstić information content (AvgIpc) is 2.47. The minimum absolute atomic E-state index is 0.0515. The van der Waals surface area contributed by atoms with E-state index in [9.17, 15) is 9.59 Å². The summed E-state index contributed by atoms with van der Waals surface area (Å²) in [4.78, 5) is 27.0. The third kappa shape index (κ3) is 6.87. The van der Waals surface area contributed by atoms with Crippen molar-refractivity contribution in [2.24, 2.45) is 0 Å². The van der Waals surface area contributed by atoms with E-state index >= 15 is 0 Å². The Labute approximate surface area is 160 Å². The maximum absolute atomic E-state index is 12.7. The van der Waals surface area contributed by atoms with Gasteiger partial charge in [-0.25, -0.2) is 0 Å². The number of nitrogens with one attached hydrogen (secondary N) is 1. The maximum atomic E-state index is 12.7. The van der Waals surface area contributed by atoms with E-state index in [-0.39, 0.29) is 23.9 Å². The Morgan fingerprint density at radius 2 is 1.84 bits per heavy atom. The van der Waals surface area contributed by atoms with E-state index in [1.165, 1.54) is 0 Å². The molecule has 1 N–H and O–H groups in total. The molecule has 0 saturated carbocycles. The smallest absolute Gasteiger partial charge is 0.243 e. The minimum atomic E-state index is -0.537. The zero-order valence-electron chi connectivity index (χ0n) is 15.7. The highest BCUT2D eigenvalue weighted by molar-refractivity contribution is 6.35. The number of hydrogen-bond acceptors (Lipinski definition) is 2. The van der Waals surface area contributed by atoms with E-state index in [0.29, 0.717) is 22.9 Å². The van der Waals surface area contributed by atoms with Crippen LogP contribution in [-0.4, -0.2) is 28.3 Å². The standard InChI is InChI=1S/C19H28Cl2N2O2/c1-6-8-17(24)23(12-13-9-10-14(20)11-15(13)21)16(7-2)18(25)22-19(3,4)5/h9-11,16H,6-8,12H2,1-5H3,(H,22,25)/t16-/m0/s1. The fourth-order valence-corrected chi connectivity index (χ4v) is 3.03. The second-order valence-electron chi connectivity index (χ2n) is 7.17. The summed E-state index contributed by atoms with van der Waals surface area (Å²) >= 11 is 12.2. The second kappa shape index (κ2) is 9.44. The van der Waals surface area contributed by atoms with Gasteiger partial charge in [-0.1, -0.05) is 43.1 Å². The second-order valence-corrected chi connectivity index (χ2v) is 8.01. The molecule has 0 radical (unpaired) electrons. The molecular weight excluding hydrogens is 359 g/mol. The summed E-state index contributed by atoms with van der Waals surface area (Å²) < 4.78 is 0. The van der Waals surface area contributed by atoms with Crippen molar-refractivity contribution in [3.8, 4) is 0 Å². The van der Waals surface area contributed by atoms with Crippen LogP contribution >= 0.6 is 23.2 Å². The number of nitrogens with zero attached hydrogens (tertiary/aromatic N) is 1. The number of benzene rings is 1. The zero-order valence-corrected chi connectivity index (χ0v) is 17.2. The molecule has 1 rings (SSSR count). The SMILES string of the molecule is CCCC(=O)N(Cc1ccc(Cl)cc1Cl)[C@@H](CC)C(=O)NC(C)(C)C. The maximum Gasteiger partial charge on any atom is 0.243 e. The first-order valence-corrected chi connectivity index (χ1v) is 9.40. The van der Waals surface area contributed by atoms with Crippen molar-refractivity contribution in [1.82, 2.24) is 10.2 Å². The van der Waals surface area contributed by atoms with Crippen molar-refractivity contribution in [2.45, 2.75) is 72.0 Å². The summed E-state index contributed by atoms with van der Waals surface area (Å²) in [5, 5.41) is 4.00. The molecule has 0 bridgehead atoms. The number of hydrogen-bond donors (Lipinski definition) is 1. The monoisotopic (exact) mass is 386 g/mol. The van der Waals surface area contributed by atoms with Crippen LogP contribution in [0.1, 0.15) is 59.4 Å². The lowest BCUT2D eigenvalue weighted by Gasteiger charge is -2.33. The molecule has 4 nitrogen and oxygen atoms in total. The summed E-state index contributed by atoms with van der Waals surface area (Å²) in [6.07, 6.45) is 1.65. The van der Waals surface area contributed by atoms with Gasteiger partial charge < -0.3 is 10.2 Å². The van der Waals surface area contributed by atoms with E-state index in [1.54, 1.807) is 23.1 Å². The van der Waals surface area contributed by atoms with Gasteiger partial charge in [-0.05, 0) is 51.3 Å². The van der Waals surface area contributed by atoms with Crippen molar-refractivity contribution in [1.29, 1.82) is 0 Å². The first-order chi connectivity index (χ1) is 11.6. The van der Waals surface area contributed by atoms with Crippen molar-refractivity contribution in [3.05, 3.63) is 33.8 Å². The van der Waals surface area contributed by atoms with Crippen LogP contribution in [0.4, 0.5) is 0 Å². The van der Waals surface area contributed by atoms with Crippen LogP contribution in [0.25, 0.3) is 0 Å². The molecule has 0 aliphatic rings. The van der Waals surface area contributed by atoms with Gasteiger partial charge in [0.05, 0.1) is 0 Å². The van der Waals surface area contributed by atoms with Gasteiger partial charge in [0, 0.05) is 28.5 Å².